The molecule has 0 amide bonds. The smallest absolute Gasteiger partial charge is 0.296 e. The van der Waals surface area contributed by atoms with Crippen LogP contribution in [0.15, 0.2) is 59.3 Å². The lowest BCUT2D eigenvalue weighted by molar-refractivity contribution is -0.385. The van der Waals surface area contributed by atoms with Crippen LogP contribution in [-0.4, -0.2) is 17.9 Å². The summed E-state index contributed by atoms with van der Waals surface area (Å²) in [6.45, 7) is 5.17. The number of hydrogen-bond donors (Lipinski definition) is 3. The molecule has 0 aliphatic heterocycles. The Kier molecular flexibility index (Phi) is 5.44. The molecule has 0 saturated heterocycles. The molecule has 118 valence electrons. The minimum absolute atomic E-state index is 0.00603. The first-order chi connectivity index (χ1) is 10.1. The van der Waals surface area contributed by atoms with Gasteiger partial charge in [-0.25, -0.2) is 0 Å². The summed E-state index contributed by atoms with van der Waals surface area (Å²) in [6, 6.07) is 3.09. The van der Waals surface area contributed by atoms with E-state index in [0.717, 1.165) is 12.1 Å². The number of anilines is 1. The predicted octanol–water partition coefficient (Wildman–Crippen LogP) is 2.19. The van der Waals surface area contributed by atoms with E-state index in [-0.39, 0.29) is 5.69 Å². The van der Waals surface area contributed by atoms with Gasteiger partial charge in [-0.2, -0.15) is 8.42 Å². The summed E-state index contributed by atoms with van der Waals surface area (Å²) in [7, 11) is -4.64. The summed E-state index contributed by atoms with van der Waals surface area (Å²) >= 11 is 0. The molecular formula is C13H15N3O5S. The highest BCUT2D eigenvalue weighted by atomic mass is 32.2. The quantitative estimate of drug-likeness (QED) is 0.315. The molecule has 0 aliphatic carbocycles. The number of nitro benzene ring substituents is 1. The fourth-order valence-corrected chi connectivity index (χ4v) is 2.17. The molecule has 0 aliphatic rings. The Morgan fingerprint density at radius 1 is 1.45 bits per heavy atom. The van der Waals surface area contributed by atoms with Gasteiger partial charge >= 0.3 is 0 Å². The second-order valence-corrected chi connectivity index (χ2v) is 5.58. The van der Waals surface area contributed by atoms with E-state index < -0.39 is 25.6 Å². The molecule has 0 radical (unpaired) electrons. The highest BCUT2D eigenvalue weighted by Crippen LogP contribution is 2.27. The molecule has 4 N–H and O–H groups in total. The van der Waals surface area contributed by atoms with Crippen LogP contribution in [0.25, 0.3) is 0 Å². The molecule has 22 heavy (non-hydrogen) atoms. The number of allylic oxidation sites excluding steroid dienone is 3. The van der Waals surface area contributed by atoms with Gasteiger partial charge in [0, 0.05) is 23.5 Å². The Balaban J connectivity index is 3.30. The van der Waals surface area contributed by atoms with Gasteiger partial charge in [-0.15, -0.1) is 0 Å². The van der Waals surface area contributed by atoms with Crippen molar-refractivity contribution >= 4 is 21.5 Å². The summed E-state index contributed by atoms with van der Waals surface area (Å²) in [6.07, 6.45) is 4.65. The van der Waals surface area contributed by atoms with Crippen LogP contribution in [0.2, 0.25) is 0 Å². The van der Waals surface area contributed by atoms with Crippen molar-refractivity contribution in [1.29, 1.82) is 0 Å². The molecule has 1 aromatic rings. The first-order valence-corrected chi connectivity index (χ1v) is 7.41. The van der Waals surface area contributed by atoms with Crippen LogP contribution >= 0.6 is 0 Å². The topological polar surface area (TPSA) is 136 Å². The fourth-order valence-electron chi connectivity index (χ4n) is 1.50. The SMILES string of the molecule is C=C(N)/C=C\C(=C/C)Nc1ccc([N+](=O)[O-])cc1S(=O)(=O)O. The Labute approximate surface area is 127 Å². The van der Waals surface area contributed by atoms with Crippen LogP contribution in [-0.2, 0) is 10.1 Å². The van der Waals surface area contributed by atoms with Gasteiger partial charge in [-0.3, -0.25) is 14.7 Å². The van der Waals surface area contributed by atoms with Crippen LogP contribution in [0.4, 0.5) is 11.4 Å². The number of nitrogens with one attached hydrogen (secondary N) is 1. The molecule has 0 atom stereocenters. The summed E-state index contributed by atoms with van der Waals surface area (Å²) in [5.41, 5.74) is 5.69. The Hall–Kier alpha value is -2.65. The molecule has 1 aromatic carbocycles. The van der Waals surface area contributed by atoms with Crippen LogP contribution in [0, 0.1) is 10.1 Å². The molecule has 0 heterocycles. The van der Waals surface area contributed by atoms with E-state index in [1.54, 1.807) is 13.0 Å². The van der Waals surface area contributed by atoms with Crippen LogP contribution in [0.5, 0.6) is 0 Å². The largest absolute Gasteiger partial charge is 0.399 e. The van der Waals surface area contributed by atoms with Crippen molar-refractivity contribution in [1.82, 2.24) is 0 Å². The Morgan fingerprint density at radius 3 is 2.55 bits per heavy atom. The van der Waals surface area contributed by atoms with Crippen molar-refractivity contribution in [3.05, 3.63) is 64.5 Å². The van der Waals surface area contributed by atoms with E-state index in [1.165, 1.54) is 18.2 Å². The maximum atomic E-state index is 11.4. The first kappa shape index (κ1) is 17.4. The number of non-ortho nitro benzene ring substituents is 1. The van der Waals surface area contributed by atoms with Crippen molar-refractivity contribution < 1.29 is 17.9 Å². The molecule has 0 unspecified atom stereocenters. The van der Waals surface area contributed by atoms with Gasteiger partial charge in [-0.1, -0.05) is 12.7 Å². The van der Waals surface area contributed by atoms with E-state index in [1.807, 2.05) is 0 Å². The zero-order valence-electron chi connectivity index (χ0n) is 11.7. The van der Waals surface area contributed by atoms with E-state index in [4.69, 9.17) is 5.73 Å². The molecule has 1 rings (SSSR count). The highest BCUT2D eigenvalue weighted by molar-refractivity contribution is 7.86. The number of hydrogen-bond acceptors (Lipinski definition) is 6. The second-order valence-electron chi connectivity index (χ2n) is 4.19. The first-order valence-electron chi connectivity index (χ1n) is 5.97. The lowest BCUT2D eigenvalue weighted by atomic mass is 10.2. The predicted molar refractivity (Wildman–Crippen MR) is 82.8 cm³/mol. The normalized spacial score (nSPS) is 12.4. The van der Waals surface area contributed by atoms with Crippen molar-refractivity contribution in [2.24, 2.45) is 5.73 Å². The Bertz CT molecular complexity index is 766. The number of nitrogens with two attached hydrogens (primary N) is 1. The van der Waals surface area contributed by atoms with Gasteiger partial charge in [0.25, 0.3) is 15.8 Å². The van der Waals surface area contributed by atoms with Gasteiger partial charge in [0.1, 0.15) is 4.90 Å². The maximum Gasteiger partial charge on any atom is 0.296 e. The third-order valence-corrected chi connectivity index (χ3v) is 3.41. The Morgan fingerprint density at radius 2 is 2.09 bits per heavy atom. The average molecular weight is 325 g/mol. The maximum absolute atomic E-state index is 11.4. The highest BCUT2D eigenvalue weighted by Gasteiger charge is 2.20. The monoisotopic (exact) mass is 325 g/mol. The lowest BCUT2D eigenvalue weighted by Gasteiger charge is -2.11. The lowest BCUT2D eigenvalue weighted by Crippen LogP contribution is -2.06. The van der Waals surface area contributed by atoms with Crippen molar-refractivity contribution in [2.45, 2.75) is 11.8 Å². The second kappa shape index (κ2) is 6.87. The summed E-state index contributed by atoms with van der Waals surface area (Å²) in [5.74, 6) is 0. The average Bonchev–Trinajstić information content (AvgIpc) is 2.41. The van der Waals surface area contributed by atoms with Gasteiger partial charge in [0.2, 0.25) is 0 Å². The summed E-state index contributed by atoms with van der Waals surface area (Å²) in [4.78, 5) is 9.36. The van der Waals surface area contributed by atoms with E-state index in [9.17, 15) is 23.1 Å². The van der Waals surface area contributed by atoms with Crippen molar-refractivity contribution in [3.63, 3.8) is 0 Å². The fraction of sp³-hybridized carbons (Fsp3) is 0.0769. The zero-order chi connectivity index (χ0) is 16.9. The number of rotatable bonds is 6. The number of benzene rings is 1. The van der Waals surface area contributed by atoms with E-state index >= 15 is 0 Å². The van der Waals surface area contributed by atoms with Gasteiger partial charge in [0.15, 0.2) is 0 Å². The molecule has 0 aromatic heterocycles. The minimum Gasteiger partial charge on any atom is -0.399 e. The molecule has 0 saturated carbocycles. The van der Waals surface area contributed by atoms with Gasteiger partial charge in [-0.05, 0) is 25.1 Å². The molecule has 0 spiro atoms. The van der Waals surface area contributed by atoms with Crippen LogP contribution < -0.4 is 11.1 Å². The number of nitro groups is 1. The summed E-state index contributed by atoms with van der Waals surface area (Å²) < 4.78 is 32.0. The van der Waals surface area contributed by atoms with Crippen molar-refractivity contribution in [3.8, 4) is 0 Å². The molecule has 9 heteroatoms. The molecular weight excluding hydrogens is 310 g/mol. The minimum atomic E-state index is -4.64. The van der Waals surface area contributed by atoms with E-state index in [2.05, 4.69) is 11.9 Å². The zero-order valence-corrected chi connectivity index (χ0v) is 12.5. The van der Waals surface area contributed by atoms with Gasteiger partial charge in [0.05, 0.1) is 10.6 Å². The van der Waals surface area contributed by atoms with Gasteiger partial charge < -0.3 is 11.1 Å². The van der Waals surface area contributed by atoms with E-state index in [0.29, 0.717) is 11.4 Å². The number of nitrogens with zero attached hydrogens (tertiary/aromatic N) is 1. The summed E-state index contributed by atoms with van der Waals surface area (Å²) in [5, 5.41) is 13.5. The van der Waals surface area contributed by atoms with Crippen LogP contribution in [0.3, 0.4) is 0 Å². The standard InChI is InChI=1S/C13H15N3O5S/c1-3-10(5-4-9(2)14)15-12-7-6-11(16(17)18)8-13(12)22(19,20)21/h3-8,15H,2,14H2,1H3,(H,19,20,21)/b5-4-,10-3+. The third-order valence-electron chi connectivity index (χ3n) is 2.52. The third kappa shape index (κ3) is 4.72. The van der Waals surface area contributed by atoms with Crippen LogP contribution in [0.1, 0.15) is 6.92 Å². The molecule has 8 nitrogen and oxygen atoms in total. The molecule has 0 bridgehead atoms. The molecule has 0 fully saturated rings. The van der Waals surface area contributed by atoms with Crippen molar-refractivity contribution in [2.75, 3.05) is 5.32 Å².